The first-order valence-corrected chi connectivity index (χ1v) is 6.29. The van der Waals surface area contributed by atoms with Crippen molar-refractivity contribution in [1.29, 1.82) is 0 Å². The van der Waals surface area contributed by atoms with Crippen molar-refractivity contribution < 1.29 is 14.2 Å². The van der Waals surface area contributed by atoms with Gasteiger partial charge in [0.1, 0.15) is 11.5 Å². The summed E-state index contributed by atoms with van der Waals surface area (Å²) in [5, 5.41) is 0. The molecule has 1 saturated heterocycles. The van der Waals surface area contributed by atoms with Crippen molar-refractivity contribution in [3.05, 3.63) is 23.8 Å². The highest BCUT2D eigenvalue weighted by Gasteiger charge is 2.31. The summed E-state index contributed by atoms with van der Waals surface area (Å²) in [7, 11) is 3.33. The highest BCUT2D eigenvalue weighted by molar-refractivity contribution is 5.44. The average Bonchev–Trinajstić information content (AvgIpc) is 2.64. The molecule has 0 spiro atoms. The van der Waals surface area contributed by atoms with Gasteiger partial charge in [-0.3, -0.25) is 0 Å². The Balaban J connectivity index is 2.39. The maximum absolute atomic E-state index is 6.56. The Bertz CT molecular complexity index is 398. The molecular weight excluding hydrogens is 230 g/mol. The molecule has 0 aliphatic carbocycles. The molecular formula is C14H21NO3. The lowest BCUT2D eigenvalue weighted by Crippen LogP contribution is -2.37. The van der Waals surface area contributed by atoms with Crippen LogP contribution in [0.1, 0.15) is 24.8 Å². The summed E-state index contributed by atoms with van der Waals surface area (Å²) in [5.74, 6) is 1.63. The maximum Gasteiger partial charge on any atom is 0.124 e. The second kappa shape index (κ2) is 5.59. The predicted octanol–water partition coefficient (Wildman–Crippen LogP) is 2.06. The van der Waals surface area contributed by atoms with Crippen molar-refractivity contribution in [3.8, 4) is 11.5 Å². The second-order valence-electron chi connectivity index (χ2n) is 4.69. The van der Waals surface area contributed by atoms with E-state index in [1.54, 1.807) is 14.2 Å². The molecule has 1 aliphatic heterocycles. The van der Waals surface area contributed by atoms with Crippen molar-refractivity contribution in [2.24, 2.45) is 5.73 Å². The molecule has 1 atom stereocenters. The van der Waals surface area contributed by atoms with Crippen molar-refractivity contribution >= 4 is 0 Å². The average molecular weight is 251 g/mol. The van der Waals surface area contributed by atoms with Crippen LogP contribution in [0.15, 0.2) is 18.2 Å². The Morgan fingerprint density at radius 3 is 2.72 bits per heavy atom. The summed E-state index contributed by atoms with van der Waals surface area (Å²) in [6.45, 7) is 1.47. The van der Waals surface area contributed by atoms with Crippen LogP contribution in [-0.4, -0.2) is 27.4 Å². The van der Waals surface area contributed by atoms with Gasteiger partial charge in [0.25, 0.3) is 0 Å². The first-order valence-electron chi connectivity index (χ1n) is 6.29. The standard InChI is InChI=1S/C14H21NO3/c1-16-11-4-5-13(17-2)12(10-11)14(15)6-3-8-18-9-7-14/h4-5,10H,3,6-9,15H2,1-2H3. The maximum atomic E-state index is 6.56. The minimum Gasteiger partial charge on any atom is -0.497 e. The molecule has 1 aromatic rings. The Morgan fingerprint density at radius 1 is 1.17 bits per heavy atom. The minimum atomic E-state index is -0.392. The van der Waals surface area contributed by atoms with Crippen LogP contribution < -0.4 is 15.2 Å². The number of ether oxygens (including phenoxy) is 3. The molecule has 0 bridgehead atoms. The fourth-order valence-electron chi connectivity index (χ4n) is 2.44. The minimum absolute atomic E-state index is 0.392. The molecule has 4 heteroatoms. The van der Waals surface area contributed by atoms with Crippen LogP contribution in [-0.2, 0) is 10.3 Å². The van der Waals surface area contributed by atoms with E-state index in [-0.39, 0.29) is 0 Å². The lowest BCUT2D eigenvalue weighted by Gasteiger charge is -2.30. The van der Waals surface area contributed by atoms with Crippen LogP contribution >= 0.6 is 0 Å². The van der Waals surface area contributed by atoms with E-state index >= 15 is 0 Å². The van der Waals surface area contributed by atoms with Gasteiger partial charge in [-0.2, -0.15) is 0 Å². The molecule has 1 heterocycles. The molecule has 1 fully saturated rings. The lowest BCUT2D eigenvalue weighted by atomic mass is 9.83. The zero-order valence-corrected chi connectivity index (χ0v) is 11.1. The molecule has 18 heavy (non-hydrogen) atoms. The molecule has 4 nitrogen and oxygen atoms in total. The van der Waals surface area contributed by atoms with Crippen LogP contribution in [0.3, 0.4) is 0 Å². The Hall–Kier alpha value is -1.26. The molecule has 2 N–H and O–H groups in total. The number of benzene rings is 1. The Kier molecular flexibility index (Phi) is 4.09. The normalized spacial score (nSPS) is 24.4. The van der Waals surface area contributed by atoms with Gasteiger partial charge in [-0.25, -0.2) is 0 Å². The fraction of sp³-hybridized carbons (Fsp3) is 0.571. The number of nitrogens with two attached hydrogens (primary N) is 1. The fourth-order valence-corrected chi connectivity index (χ4v) is 2.44. The zero-order valence-electron chi connectivity index (χ0n) is 11.1. The summed E-state index contributed by atoms with van der Waals surface area (Å²) in [6, 6.07) is 5.78. The summed E-state index contributed by atoms with van der Waals surface area (Å²) in [5.41, 5.74) is 7.18. The summed E-state index contributed by atoms with van der Waals surface area (Å²) < 4.78 is 16.2. The zero-order chi connectivity index (χ0) is 13.0. The molecule has 0 radical (unpaired) electrons. The predicted molar refractivity (Wildman–Crippen MR) is 70.1 cm³/mol. The first-order chi connectivity index (χ1) is 8.69. The van der Waals surface area contributed by atoms with E-state index < -0.39 is 5.54 Å². The third-order valence-corrected chi connectivity index (χ3v) is 3.55. The topological polar surface area (TPSA) is 53.7 Å². The van der Waals surface area contributed by atoms with Gasteiger partial charge in [0.15, 0.2) is 0 Å². The third-order valence-electron chi connectivity index (χ3n) is 3.55. The van der Waals surface area contributed by atoms with Crippen LogP contribution in [0.5, 0.6) is 11.5 Å². The van der Waals surface area contributed by atoms with Crippen molar-refractivity contribution in [3.63, 3.8) is 0 Å². The van der Waals surface area contributed by atoms with E-state index in [1.165, 1.54) is 0 Å². The van der Waals surface area contributed by atoms with E-state index in [0.717, 1.165) is 42.9 Å². The monoisotopic (exact) mass is 251 g/mol. The van der Waals surface area contributed by atoms with E-state index in [1.807, 2.05) is 18.2 Å². The molecule has 0 amide bonds. The van der Waals surface area contributed by atoms with Crippen molar-refractivity contribution in [1.82, 2.24) is 0 Å². The van der Waals surface area contributed by atoms with Gasteiger partial charge >= 0.3 is 0 Å². The van der Waals surface area contributed by atoms with Gasteiger partial charge in [-0.1, -0.05) is 0 Å². The van der Waals surface area contributed by atoms with Gasteiger partial charge in [0, 0.05) is 24.3 Å². The highest BCUT2D eigenvalue weighted by Crippen LogP contribution is 2.37. The molecule has 100 valence electrons. The van der Waals surface area contributed by atoms with Crippen molar-refractivity contribution in [2.45, 2.75) is 24.8 Å². The summed E-state index contributed by atoms with van der Waals surface area (Å²) in [6.07, 6.45) is 2.67. The first kappa shape index (κ1) is 13.2. The van der Waals surface area contributed by atoms with Gasteiger partial charge < -0.3 is 19.9 Å². The van der Waals surface area contributed by atoms with Crippen LogP contribution in [0.25, 0.3) is 0 Å². The molecule has 0 aromatic heterocycles. The number of hydrogen-bond donors (Lipinski definition) is 1. The largest absolute Gasteiger partial charge is 0.497 e. The van der Waals surface area contributed by atoms with Crippen molar-refractivity contribution in [2.75, 3.05) is 27.4 Å². The van der Waals surface area contributed by atoms with E-state index in [9.17, 15) is 0 Å². The number of methoxy groups -OCH3 is 2. The molecule has 0 saturated carbocycles. The number of rotatable bonds is 3. The van der Waals surface area contributed by atoms with Gasteiger partial charge in [-0.05, 0) is 37.5 Å². The molecule has 1 aliphatic rings. The quantitative estimate of drug-likeness (QED) is 0.893. The third kappa shape index (κ3) is 2.60. The van der Waals surface area contributed by atoms with E-state index in [0.29, 0.717) is 6.61 Å². The smallest absolute Gasteiger partial charge is 0.124 e. The second-order valence-corrected chi connectivity index (χ2v) is 4.69. The van der Waals surface area contributed by atoms with Gasteiger partial charge in [0.05, 0.1) is 14.2 Å². The molecule has 1 aromatic carbocycles. The lowest BCUT2D eigenvalue weighted by molar-refractivity contribution is 0.139. The molecule has 2 rings (SSSR count). The highest BCUT2D eigenvalue weighted by atomic mass is 16.5. The van der Waals surface area contributed by atoms with E-state index in [4.69, 9.17) is 19.9 Å². The Morgan fingerprint density at radius 2 is 2.00 bits per heavy atom. The SMILES string of the molecule is COc1ccc(OC)c(C2(N)CCCOCC2)c1. The van der Waals surface area contributed by atoms with Crippen LogP contribution in [0, 0.1) is 0 Å². The number of hydrogen-bond acceptors (Lipinski definition) is 4. The van der Waals surface area contributed by atoms with Crippen LogP contribution in [0.2, 0.25) is 0 Å². The summed E-state index contributed by atoms with van der Waals surface area (Å²) >= 11 is 0. The van der Waals surface area contributed by atoms with Crippen LogP contribution in [0.4, 0.5) is 0 Å². The van der Waals surface area contributed by atoms with Gasteiger partial charge in [0.2, 0.25) is 0 Å². The molecule has 1 unspecified atom stereocenters. The van der Waals surface area contributed by atoms with E-state index in [2.05, 4.69) is 0 Å². The Labute approximate surface area is 108 Å². The van der Waals surface area contributed by atoms with Gasteiger partial charge in [-0.15, -0.1) is 0 Å². The summed E-state index contributed by atoms with van der Waals surface area (Å²) in [4.78, 5) is 0.